The molecule has 2 heterocycles. The molecule has 0 fully saturated rings. The summed E-state index contributed by atoms with van der Waals surface area (Å²) in [7, 11) is 0. The number of nitrogens with zero attached hydrogens (tertiary/aromatic N) is 3. The van der Waals surface area contributed by atoms with Crippen LogP contribution in [0.5, 0.6) is 0 Å². The first-order valence-electron chi connectivity index (χ1n) is 6.33. The Balaban J connectivity index is 1.67. The molecule has 0 atom stereocenters. The highest BCUT2D eigenvalue weighted by Gasteiger charge is 2.05. The third-order valence-electron chi connectivity index (χ3n) is 3.04. The maximum absolute atomic E-state index is 6.17. The summed E-state index contributed by atoms with van der Waals surface area (Å²) in [5, 5.41) is 8.61. The van der Waals surface area contributed by atoms with Gasteiger partial charge in [0, 0.05) is 36.1 Å². The van der Waals surface area contributed by atoms with Gasteiger partial charge in [0.25, 0.3) is 0 Å². The predicted octanol–water partition coefficient (Wildman–Crippen LogP) is 2.60. The highest BCUT2D eigenvalue weighted by atomic mass is 35.5. The molecule has 0 spiro atoms. The van der Waals surface area contributed by atoms with E-state index in [4.69, 9.17) is 16.1 Å². The van der Waals surface area contributed by atoms with E-state index in [9.17, 15) is 0 Å². The minimum absolute atomic E-state index is 0.636. The number of hydrogen-bond acceptors (Lipinski definition) is 5. The molecule has 3 rings (SSSR count). The van der Waals surface area contributed by atoms with Crippen LogP contribution >= 0.6 is 11.6 Å². The summed E-state index contributed by atoms with van der Waals surface area (Å²) in [6, 6.07) is 7.77. The second kappa shape index (κ2) is 5.98. The number of rotatable bonds is 5. The lowest BCUT2D eigenvalue weighted by Crippen LogP contribution is -2.17. The van der Waals surface area contributed by atoms with Crippen molar-refractivity contribution in [1.29, 1.82) is 0 Å². The molecule has 3 aromatic rings. The molecule has 0 saturated carbocycles. The summed E-state index contributed by atoms with van der Waals surface area (Å²) in [5.74, 6) is 0.636. The van der Waals surface area contributed by atoms with Crippen LogP contribution in [0.25, 0.3) is 10.9 Å². The van der Waals surface area contributed by atoms with Crippen molar-refractivity contribution in [3.05, 3.63) is 53.3 Å². The van der Waals surface area contributed by atoms with Gasteiger partial charge in [0.15, 0.2) is 6.33 Å². The van der Waals surface area contributed by atoms with E-state index in [0.717, 1.165) is 34.6 Å². The molecule has 0 unspecified atom stereocenters. The molecule has 0 amide bonds. The number of fused-ring (bicyclic) bond motifs is 1. The van der Waals surface area contributed by atoms with Crippen molar-refractivity contribution < 1.29 is 4.52 Å². The van der Waals surface area contributed by atoms with Crippen molar-refractivity contribution in [2.75, 3.05) is 6.54 Å². The lowest BCUT2D eigenvalue weighted by molar-refractivity contribution is 0.375. The van der Waals surface area contributed by atoms with Gasteiger partial charge < -0.3 is 9.84 Å². The topological polar surface area (TPSA) is 63.8 Å². The van der Waals surface area contributed by atoms with Crippen molar-refractivity contribution in [2.45, 2.75) is 13.0 Å². The third kappa shape index (κ3) is 2.79. The predicted molar refractivity (Wildman–Crippen MR) is 76.5 cm³/mol. The summed E-state index contributed by atoms with van der Waals surface area (Å²) in [6.07, 6.45) is 3.89. The number of halogens is 1. The van der Waals surface area contributed by atoms with Crippen molar-refractivity contribution in [1.82, 2.24) is 20.4 Å². The minimum Gasteiger partial charge on any atom is -0.340 e. The monoisotopic (exact) mass is 288 g/mol. The fraction of sp³-hybridized carbons (Fsp3) is 0.214. The van der Waals surface area contributed by atoms with Gasteiger partial charge in [-0.25, -0.2) is 0 Å². The van der Waals surface area contributed by atoms with Crippen LogP contribution < -0.4 is 5.32 Å². The molecular formula is C14H13ClN4O. The average molecular weight is 289 g/mol. The van der Waals surface area contributed by atoms with Crippen molar-refractivity contribution >= 4 is 22.5 Å². The Morgan fingerprint density at radius 1 is 1.20 bits per heavy atom. The molecule has 0 saturated heterocycles. The number of aromatic nitrogens is 3. The fourth-order valence-corrected chi connectivity index (χ4v) is 2.28. The van der Waals surface area contributed by atoms with Gasteiger partial charge in [-0.3, -0.25) is 4.98 Å². The smallest absolute Gasteiger partial charge is 0.227 e. The molecule has 5 nitrogen and oxygen atoms in total. The maximum atomic E-state index is 6.17. The SMILES string of the molecule is Clc1ccc(CNCCc2ncno2)c2ncccc12. The van der Waals surface area contributed by atoms with Gasteiger partial charge in [-0.2, -0.15) is 4.98 Å². The molecule has 0 aliphatic heterocycles. The van der Waals surface area contributed by atoms with Crippen LogP contribution in [0.3, 0.4) is 0 Å². The van der Waals surface area contributed by atoms with Crippen molar-refractivity contribution in [2.24, 2.45) is 0 Å². The standard InChI is InChI=1S/C14H13ClN4O/c15-12-4-3-10(14-11(12)2-1-6-17-14)8-16-7-5-13-18-9-19-20-13/h1-4,6,9,16H,5,7-8H2. The Morgan fingerprint density at radius 2 is 2.15 bits per heavy atom. The molecule has 102 valence electrons. The molecular weight excluding hydrogens is 276 g/mol. The average Bonchev–Trinajstić information content (AvgIpc) is 2.99. The summed E-state index contributed by atoms with van der Waals surface area (Å²) in [6.45, 7) is 1.48. The van der Waals surface area contributed by atoms with Crippen LogP contribution in [0, 0.1) is 0 Å². The van der Waals surface area contributed by atoms with E-state index in [1.807, 2.05) is 24.3 Å². The molecule has 20 heavy (non-hydrogen) atoms. The highest BCUT2D eigenvalue weighted by molar-refractivity contribution is 6.35. The summed E-state index contributed by atoms with van der Waals surface area (Å²) in [5.41, 5.74) is 2.06. The molecule has 0 aliphatic rings. The first-order chi connectivity index (χ1) is 9.84. The largest absolute Gasteiger partial charge is 0.340 e. The van der Waals surface area contributed by atoms with E-state index in [-0.39, 0.29) is 0 Å². The lowest BCUT2D eigenvalue weighted by atomic mass is 10.1. The molecule has 1 N–H and O–H groups in total. The van der Waals surface area contributed by atoms with Crippen molar-refractivity contribution in [3.8, 4) is 0 Å². The molecule has 6 heteroatoms. The Bertz CT molecular complexity index is 699. The Labute approximate surface area is 121 Å². The van der Waals surface area contributed by atoms with Crippen LogP contribution in [0.15, 0.2) is 41.3 Å². The Kier molecular flexibility index (Phi) is 3.90. The fourth-order valence-electron chi connectivity index (χ4n) is 2.06. The van der Waals surface area contributed by atoms with E-state index in [0.29, 0.717) is 12.3 Å². The number of hydrogen-bond donors (Lipinski definition) is 1. The van der Waals surface area contributed by atoms with Gasteiger partial charge in [0.2, 0.25) is 5.89 Å². The summed E-state index contributed by atoms with van der Waals surface area (Å²) >= 11 is 6.17. The molecule has 0 bridgehead atoms. The second-order valence-electron chi connectivity index (χ2n) is 4.37. The van der Waals surface area contributed by atoms with Crippen LogP contribution in [0.2, 0.25) is 5.02 Å². The number of benzene rings is 1. The van der Waals surface area contributed by atoms with Crippen LogP contribution in [-0.4, -0.2) is 21.7 Å². The Hall–Kier alpha value is -1.98. The normalized spacial score (nSPS) is 11.1. The zero-order valence-corrected chi connectivity index (χ0v) is 11.5. The van der Waals surface area contributed by atoms with E-state index >= 15 is 0 Å². The highest BCUT2D eigenvalue weighted by Crippen LogP contribution is 2.24. The van der Waals surface area contributed by atoms with Crippen molar-refractivity contribution in [3.63, 3.8) is 0 Å². The van der Waals surface area contributed by atoms with E-state index < -0.39 is 0 Å². The Morgan fingerprint density at radius 3 is 3.00 bits per heavy atom. The first kappa shape index (κ1) is 13.0. The third-order valence-corrected chi connectivity index (χ3v) is 3.37. The van der Waals surface area contributed by atoms with Gasteiger partial charge in [-0.1, -0.05) is 22.8 Å². The van der Waals surface area contributed by atoms with E-state index in [1.165, 1.54) is 6.33 Å². The maximum Gasteiger partial charge on any atom is 0.227 e. The van der Waals surface area contributed by atoms with E-state index in [2.05, 4.69) is 20.4 Å². The molecule has 1 aromatic carbocycles. The summed E-state index contributed by atoms with van der Waals surface area (Å²) in [4.78, 5) is 8.38. The van der Waals surface area contributed by atoms with Gasteiger partial charge in [-0.05, 0) is 23.8 Å². The quantitative estimate of drug-likeness (QED) is 0.731. The van der Waals surface area contributed by atoms with E-state index in [1.54, 1.807) is 6.20 Å². The second-order valence-corrected chi connectivity index (χ2v) is 4.78. The molecule has 2 aromatic heterocycles. The van der Waals surface area contributed by atoms with Gasteiger partial charge >= 0.3 is 0 Å². The zero-order valence-electron chi connectivity index (χ0n) is 10.7. The first-order valence-corrected chi connectivity index (χ1v) is 6.71. The van der Waals surface area contributed by atoms with Gasteiger partial charge in [0.1, 0.15) is 0 Å². The zero-order chi connectivity index (χ0) is 13.8. The van der Waals surface area contributed by atoms with Gasteiger partial charge in [0.05, 0.1) is 5.52 Å². The minimum atomic E-state index is 0.636. The lowest BCUT2D eigenvalue weighted by Gasteiger charge is -2.08. The van der Waals surface area contributed by atoms with Gasteiger partial charge in [-0.15, -0.1) is 0 Å². The molecule has 0 aliphatic carbocycles. The van der Waals surface area contributed by atoms with Crippen LogP contribution in [0.1, 0.15) is 11.5 Å². The summed E-state index contributed by atoms with van der Waals surface area (Å²) < 4.78 is 4.94. The number of nitrogens with one attached hydrogen (secondary N) is 1. The molecule has 0 radical (unpaired) electrons. The van der Waals surface area contributed by atoms with Crippen LogP contribution in [0.4, 0.5) is 0 Å². The number of pyridine rings is 1. The van der Waals surface area contributed by atoms with Crippen LogP contribution in [-0.2, 0) is 13.0 Å².